The predicted molar refractivity (Wildman–Crippen MR) is 70.3 cm³/mol. The van der Waals surface area contributed by atoms with Gasteiger partial charge in [0.1, 0.15) is 5.82 Å². The highest BCUT2D eigenvalue weighted by Gasteiger charge is 2.52. The van der Waals surface area contributed by atoms with Crippen LogP contribution < -0.4 is 11.2 Å². The molecule has 98 valence electrons. The monoisotopic (exact) mass is 250 g/mol. The molecule has 0 bridgehead atoms. The molecule has 18 heavy (non-hydrogen) atoms. The molecule has 1 aromatic heterocycles. The van der Waals surface area contributed by atoms with Crippen LogP contribution in [0.3, 0.4) is 0 Å². The molecule has 6 heteroatoms. The molecule has 1 aromatic rings. The van der Waals surface area contributed by atoms with Crippen molar-refractivity contribution in [3.63, 3.8) is 0 Å². The van der Waals surface area contributed by atoms with E-state index in [4.69, 9.17) is 20.1 Å². The van der Waals surface area contributed by atoms with Crippen molar-refractivity contribution >= 4 is 18.4 Å². The number of hydrogen-bond acceptors (Lipinski definition) is 5. The lowest BCUT2D eigenvalue weighted by Gasteiger charge is -2.32. The highest BCUT2D eigenvalue weighted by atomic mass is 16.7. The highest BCUT2D eigenvalue weighted by Crippen LogP contribution is 2.36. The standard InChI is InChI=1S/C12H19BN2O3/c1-11(2)12(3,4)18-13(17-11)9-6-5-8(7-16)15-10(9)14/h5-6,16H,7H2,1-4H3,(H2,14,15). The van der Waals surface area contributed by atoms with Crippen molar-refractivity contribution in [1.82, 2.24) is 4.98 Å². The Morgan fingerprint density at radius 1 is 1.22 bits per heavy atom. The van der Waals surface area contributed by atoms with Gasteiger partial charge in [0.2, 0.25) is 0 Å². The number of anilines is 1. The van der Waals surface area contributed by atoms with Crippen molar-refractivity contribution in [2.75, 3.05) is 5.73 Å². The minimum absolute atomic E-state index is 0.131. The maximum absolute atomic E-state index is 9.00. The minimum atomic E-state index is -0.518. The van der Waals surface area contributed by atoms with E-state index in [1.54, 1.807) is 12.1 Å². The summed E-state index contributed by atoms with van der Waals surface area (Å²) in [4.78, 5) is 4.10. The van der Waals surface area contributed by atoms with Gasteiger partial charge in [-0.3, -0.25) is 0 Å². The first-order valence-corrected chi connectivity index (χ1v) is 5.98. The topological polar surface area (TPSA) is 77.6 Å². The third-order valence-electron chi connectivity index (χ3n) is 3.68. The minimum Gasteiger partial charge on any atom is -0.399 e. The predicted octanol–water partition coefficient (Wildman–Crippen LogP) is 0.455. The van der Waals surface area contributed by atoms with Crippen molar-refractivity contribution in [2.24, 2.45) is 0 Å². The average Bonchev–Trinajstić information content (AvgIpc) is 2.47. The summed E-state index contributed by atoms with van der Waals surface area (Å²) in [7, 11) is -0.518. The smallest absolute Gasteiger partial charge is 0.399 e. The number of pyridine rings is 1. The van der Waals surface area contributed by atoms with Crippen molar-refractivity contribution in [3.05, 3.63) is 17.8 Å². The van der Waals surface area contributed by atoms with E-state index in [1.165, 1.54) is 0 Å². The van der Waals surface area contributed by atoms with E-state index >= 15 is 0 Å². The second-order valence-corrected chi connectivity index (χ2v) is 5.52. The first kappa shape index (κ1) is 13.3. The van der Waals surface area contributed by atoms with Gasteiger partial charge in [0.05, 0.1) is 23.5 Å². The first-order valence-electron chi connectivity index (χ1n) is 5.98. The Morgan fingerprint density at radius 2 is 1.78 bits per heavy atom. The second-order valence-electron chi connectivity index (χ2n) is 5.52. The fraction of sp³-hybridized carbons (Fsp3) is 0.583. The van der Waals surface area contributed by atoms with Crippen molar-refractivity contribution in [2.45, 2.75) is 45.5 Å². The molecule has 0 atom stereocenters. The molecule has 0 saturated carbocycles. The van der Waals surface area contributed by atoms with Crippen molar-refractivity contribution < 1.29 is 14.4 Å². The molecule has 1 fully saturated rings. The maximum Gasteiger partial charge on any atom is 0.498 e. The van der Waals surface area contributed by atoms with Gasteiger partial charge in [-0.25, -0.2) is 4.98 Å². The molecule has 1 aliphatic heterocycles. The second kappa shape index (κ2) is 4.22. The SMILES string of the molecule is CC1(C)OB(c2ccc(CO)nc2N)OC1(C)C. The van der Waals surface area contributed by atoms with E-state index < -0.39 is 18.3 Å². The fourth-order valence-electron chi connectivity index (χ4n) is 1.79. The van der Waals surface area contributed by atoms with E-state index in [0.29, 0.717) is 17.0 Å². The van der Waals surface area contributed by atoms with Gasteiger partial charge >= 0.3 is 7.12 Å². The number of aliphatic hydroxyl groups is 1. The summed E-state index contributed by atoms with van der Waals surface area (Å²) in [5, 5.41) is 9.00. The first-order chi connectivity index (χ1) is 8.27. The number of hydrogen-bond donors (Lipinski definition) is 2. The lowest BCUT2D eigenvalue weighted by atomic mass is 9.79. The summed E-state index contributed by atoms with van der Waals surface area (Å²) >= 11 is 0. The number of aliphatic hydroxyl groups excluding tert-OH is 1. The Labute approximate surface area is 107 Å². The Kier molecular flexibility index (Phi) is 3.13. The molecule has 1 aliphatic rings. The van der Waals surface area contributed by atoms with E-state index in [9.17, 15) is 0 Å². The summed E-state index contributed by atoms with van der Waals surface area (Å²) in [5.41, 5.74) is 6.30. The van der Waals surface area contributed by atoms with Crippen LogP contribution in [-0.2, 0) is 15.9 Å². The van der Waals surface area contributed by atoms with Gasteiger partial charge in [-0.1, -0.05) is 6.07 Å². The molecule has 2 heterocycles. The zero-order valence-corrected chi connectivity index (χ0v) is 11.2. The number of nitrogens with zero attached hydrogens (tertiary/aromatic N) is 1. The van der Waals surface area contributed by atoms with E-state index in [-0.39, 0.29) is 6.61 Å². The molecule has 2 rings (SSSR count). The molecule has 3 N–H and O–H groups in total. The molecule has 0 aromatic carbocycles. The van der Waals surface area contributed by atoms with Crippen LogP contribution in [-0.4, -0.2) is 28.4 Å². The molecule has 1 saturated heterocycles. The number of aromatic nitrogens is 1. The van der Waals surface area contributed by atoms with Gasteiger partial charge in [0.15, 0.2) is 0 Å². The molecule has 0 unspecified atom stereocenters. The van der Waals surface area contributed by atoms with Gasteiger partial charge < -0.3 is 20.1 Å². The molecular formula is C12H19BN2O3. The molecule has 0 spiro atoms. The largest absolute Gasteiger partial charge is 0.498 e. The van der Waals surface area contributed by atoms with Gasteiger partial charge in [-0.2, -0.15) is 0 Å². The van der Waals surface area contributed by atoms with Crippen LogP contribution in [0.5, 0.6) is 0 Å². The lowest BCUT2D eigenvalue weighted by molar-refractivity contribution is 0.00578. The molecule has 0 radical (unpaired) electrons. The third-order valence-corrected chi connectivity index (χ3v) is 3.68. The van der Waals surface area contributed by atoms with E-state index in [1.807, 2.05) is 27.7 Å². The van der Waals surface area contributed by atoms with E-state index in [2.05, 4.69) is 4.98 Å². The van der Waals surface area contributed by atoms with Gasteiger partial charge in [0, 0.05) is 5.46 Å². The molecular weight excluding hydrogens is 231 g/mol. The summed E-state index contributed by atoms with van der Waals surface area (Å²) < 4.78 is 11.8. The van der Waals surface area contributed by atoms with Crippen LogP contribution in [0.25, 0.3) is 0 Å². The maximum atomic E-state index is 9.00. The quantitative estimate of drug-likeness (QED) is 0.745. The normalized spacial score (nSPS) is 21.3. The van der Waals surface area contributed by atoms with Crippen LogP contribution in [0, 0.1) is 0 Å². The molecule has 5 nitrogen and oxygen atoms in total. The number of nitrogens with two attached hydrogens (primary N) is 1. The van der Waals surface area contributed by atoms with Gasteiger partial charge in [-0.15, -0.1) is 0 Å². The molecule has 0 amide bonds. The van der Waals surface area contributed by atoms with Crippen LogP contribution in [0.4, 0.5) is 5.82 Å². The summed E-state index contributed by atoms with van der Waals surface area (Å²) in [5.74, 6) is 0.333. The summed E-state index contributed by atoms with van der Waals surface area (Å²) in [6, 6.07) is 3.51. The Morgan fingerprint density at radius 3 is 2.22 bits per heavy atom. The van der Waals surface area contributed by atoms with Gasteiger partial charge in [-0.05, 0) is 33.8 Å². The Balaban J connectivity index is 2.30. The zero-order valence-electron chi connectivity index (χ0n) is 11.2. The Bertz CT molecular complexity index is 447. The zero-order chi connectivity index (χ0) is 13.6. The average molecular weight is 250 g/mol. The third kappa shape index (κ3) is 2.11. The van der Waals surface area contributed by atoms with Gasteiger partial charge in [0.25, 0.3) is 0 Å². The Hall–Kier alpha value is -1.11. The van der Waals surface area contributed by atoms with Crippen molar-refractivity contribution in [3.8, 4) is 0 Å². The van der Waals surface area contributed by atoms with Crippen molar-refractivity contribution in [1.29, 1.82) is 0 Å². The summed E-state index contributed by atoms with van der Waals surface area (Å²) in [6.45, 7) is 7.81. The van der Waals surface area contributed by atoms with E-state index in [0.717, 1.165) is 0 Å². The van der Waals surface area contributed by atoms with Crippen LogP contribution in [0.2, 0.25) is 0 Å². The molecule has 0 aliphatic carbocycles. The van der Waals surface area contributed by atoms with Crippen LogP contribution in [0.15, 0.2) is 12.1 Å². The highest BCUT2D eigenvalue weighted by molar-refractivity contribution is 6.63. The number of nitrogen functional groups attached to an aromatic ring is 1. The lowest BCUT2D eigenvalue weighted by Crippen LogP contribution is -2.41. The van der Waals surface area contributed by atoms with Crippen LogP contribution in [0.1, 0.15) is 33.4 Å². The summed E-state index contributed by atoms with van der Waals surface area (Å²) in [6.07, 6.45) is 0. The fourth-order valence-corrected chi connectivity index (χ4v) is 1.79. The van der Waals surface area contributed by atoms with Crippen LogP contribution >= 0.6 is 0 Å². The number of rotatable bonds is 2.